The van der Waals surface area contributed by atoms with E-state index in [1.165, 1.54) is 19.5 Å². The Balaban J connectivity index is 2.30. The number of likely N-dealkylation sites (tertiary alicyclic amines) is 1. The molecule has 0 aliphatic carbocycles. The fraction of sp³-hybridized carbons (Fsp3) is 0.900. The molecule has 3 heteroatoms. The molecule has 1 fully saturated rings. The van der Waals surface area contributed by atoms with Crippen molar-refractivity contribution in [1.82, 2.24) is 4.90 Å². The van der Waals surface area contributed by atoms with Gasteiger partial charge in [0.25, 0.3) is 0 Å². The topological polar surface area (TPSA) is 41.6 Å². The highest BCUT2D eigenvalue weighted by Gasteiger charge is 2.18. The smallest absolute Gasteiger partial charge is 0.0962 e. The third kappa shape index (κ3) is 3.35. The molecule has 0 spiro atoms. The lowest BCUT2D eigenvalue weighted by atomic mass is 10.1. The minimum atomic E-state index is 0.388. The number of rotatable bonds is 3. The van der Waals surface area contributed by atoms with Gasteiger partial charge in [-0.1, -0.05) is 13.8 Å². The van der Waals surface area contributed by atoms with Gasteiger partial charge in [0.1, 0.15) is 0 Å². The van der Waals surface area contributed by atoms with E-state index in [9.17, 15) is 0 Å². The Morgan fingerprint density at radius 3 is 2.77 bits per heavy atom. The molecule has 1 heterocycles. The van der Waals surface area contributed by atoms with E-state index in [-0.39, 0.29) is 0 Å². The van der Waals surface area contributed by atoms with Gasteiger partial charge in [0.2, 0.25) is 0 Å². The van der Waals surface area contributed by atoms with Crippen molar-refractivity contribution in [1.29, 1.82) is 0 Å². The molecule has 2 N–H and O–H groups in total. The molecular formula is C10H21N3. The predicted molar refractivity (Wildman–Crippen MR) is 56.9 cm³/mol. The highest BCUT2D eigenvalue weighted by atomic mass is 15.1. The molecule has 0 aromatic heterocycles. The van der Waals surface area contributed by atoms with Crippen molar-refractivity contribution in [2.75, 3.05) is 26.7 Å². The third-order valence-corrected chi connectivity index (χ3v) is 2.61. The summed E-state index contributed by atoms with van der Waals surface area (Å²) in [5.74, 6) is 1.91. The molecule has 1 aliphatic heterocycles. The summed E-state index contributed by atoms with van der Waals surface area (Å²) in [4.78, 5) is 6.76. The van der Waals surface area contributed by atoms with Gasteiger partial charge in [-0.3, -0.25) is 4.99 Å². The van der Waals surface area contributed by atoms with E-state index in [0.717, 1.165) is 18.3 Å². The van der Waals surface area contributed by atoms with Gasteiger partial charge < -0.3 is 10.6 Å². The summed E-state index contributed by atoms with van der Waals surface area (Å²) in [7, 11) is 2.16. The van der Waals surface area contributed by atoms with Gasteiger partial charge in [0.15, 0.2) is 0 Å². The zero-order valence-corrected chi connectivity index (χ0v) is 8.95. The molecule has 0 aromatic rings. The second kappa shape index (κ2) is 4.61. The zero-order chi connectivity index (χ0) is 9.84. The predicted octanol–water partition coefficient (Wildman–Crippen LogP) is 0.951. The van der Waals surface area contributed by atoms with E-state index in [1.54, 1.807) is 0 Å². The van der Waals surface area contributed by atoms with Crippen LogP contribution in [0.4, 0.5) is 0 Å². The molecule has 13 heavy (non-hydrogen) atoms. The minimum absolute atomic E-state index is 0.388. The lowest BCUT2D eigenvalue weighted by Crippen LogP contribution is -2.21. The summed E-state index contributed by atoms with van der Waals surface area (Å²) < 4.78 is 0. The van der Waals surface area contributed by atoms with Crippen molar-refractivity contribution in [2.24, 2.45) is 22.6 Å². The first-order valence-electron chi connectivity index (χ1n) is 5.08. The van der Waals surface area contributed by atoms with Crippen LogP contribution in [-0.4, -0.2) is 37.4 Å². The van der Waals surface area contributed by atoms with Crippen molar-refractivity contribution < 1.29 is 0 Å². The van der Waals surface area contributed by atoms with Crippen LogP contribution in [0.5, 0.6) is 0 Å². The summed E-state index contributed by atoms with van der Waals surface area (Å²) >= 11 is 0. The quantitative estimate of drug-likeness (QED) is 0.523. The zero-order valence-electron chi connectivity index (χ0n) is 8.95. The summed E-state index contributed by atoms with van der Waals surface area (Å²) in [6, 6.07) is 0. The molecule has 1 aliphatic rings. The molecule has 0 radical (unpaired) electrons. The summed E-state index contributed by atoms with van der Waals surface area (Å²) in [5, 5.41) is 0. The largest absolute Gasteiger partial charge is 0.387 e. The second-order valence-electron chi connectivity index (χ2n) is 4.34. The van der Waals surface area contributed by atoms with E-state index in [4.69, 9.17) is 5.73 Å². The second-order valence-corrected chi connectivity index (χ2v) is 4.34. The van der Waals surface area contributed by atoms with Crippen LogP contribution in [-0.2, 0) is 0 Å². The number of hydrogen-bond donors (Lipinski definition) is 1. The standard InChI is InChI=1S/C10H21N3/c1-8(2)10(11)12-6-9-4-5-13(3)7-9/h8-9H,4-7H2,1-3H3,(H2,11,12). The van der Waals surface area contributed by atoms with Crippen LogP contribution < -0.4 is 5.73 Å². The Morgan fingerprint density at radius 1 is 1.62 bits per heavy atom. The van der Waals surface area contributed by atoms with Crippen molar-refractivity contribution in [3.05, 3.63) is 0 Å². The van der Waals surface area contributed by atoms with Gasteiger partial charge in [0, 0.05) is 19.0 Å². The van der Waals surface area contributed by atoms with E-state index < -0.39 is 0 Å². The maximum Gasteiger partial charge on any atom is 0.0962 e. The van der Waals surface area contributed by atoms with Gasteiger partial charge >= 0.3 is 0 Å². The first-order valence-corrected chi connectivity index (χ1v) is 5.08. The number of hydrogen-bond acceptors (Lipinski definition) is 2. The maximum atomic E-state index is 5.77. The lowest BCUT2D eigenvalue weighted by molar-refractivity contribution is 0.397. The number of amidine groups is 1. The van der Waals surface area contributed by atoms with Crippen molar-refractivity contribution >= 4 is 5.84 Å². The summed E-state index contributed by atoms with van der Waals surface area (Å²) in [5.41, 5.74) is 5.77. The monoisotopic (exact) mass is 183 g/mol. The van der Waals surface area contributed by atoms with E-state index in [0.29, 0.717) is 5.92 Å². The highest BCUT2D eigenvalue weighted by Crippen LogP contribution is 2.14. The average molecular weight is 183 g/mol. The molecule has 3 nitrogen and oxygen atoms in total. The molecule has 0 bridgehead atoms. The molecule has 1 unspecified atom stereocenters. The van der Waals surface area contributed by atoms with Gasteiger partial charge in [-0.2, -0.15) is 0 Å². The maximum absolute atomic E-state index is 5.77. The van der Waals surface area contributed by atoms with Crippen LogP contribution in [0.15, 0.2) is 4.99 Å². The highest BCUT2D eigenvalue weighted by molar-refractivity contribution is 5.82. The van der Waals surface area contributed by atoms with E-state index in [2.05, 4.69) is 30.8 Å². The fourth-order valence-corrected chi connectivity index (χ4v) is 1.59. The first-order chi connectivity index (χ1) is 6.09. The SMILES string of the molecule is CC(C)C(N)=NCC1CCN(C)C1. The van der Waals surface area contributed by atoms with Crippen LogP contribution in [0.25, 0.3) is 0 Å². The van der Waals surface area contributed by atoms with Crippen LogP contribution in [0.1, 0.15) is 20.3 Å². The first kappa shape index (κ1) is 10.5. The third-order valence-electron chi connectivity index (χ3n) is 2.61. The van der Waals surface area contributed by atoms with Crippen LogP contribution in [0.3, 0.4) is 0 Å². The molecule has 0 aromatic carbocycles. The Kier molecular flexibility index (Phi) is 3.72. The molecule has 1 atom stereocenters. The number of aliphatic imine (C=N–C) groups is 1. The molecule has 1 rings (SSSR count). The summed E-state index contributed by atoms with van der Waals surface area (Å²) in [6.45, 7) is 7.46. The normalized spacial score (nSPS) is 25.8. The summed E-state index contributed by atoms with van der Waals surface area (Å²) in [6.07, 6.45) is 1.27. The van der Waals surface area contributed by atoms with E-state index >= 15 is 0 Å². The molecule has 0 saturated carbocycles. The fourth-order valence-electron chi connectivity index (χ4n) is 1.59. The van der Waals surface area contributed by atoms with Crippen LogP contribution >= 0.6 is 0 Å². The molecule has 0 amide bonds. The minimum Gasteiger partial charge on any atom is -0.387 e. The lowest BCUT2D eigenvalue weighted by Gasteiger charge is -2.09. The van der Waals surface area contributed by atoms with Crippen LogP contribution in [0.2, 0.25) is 0 Å². The average Bonchev–Trinajstić information content (AvgIpc) is 2.47. The van der Waals surface area contributed by atoms with Crippen molar-refractivity contribution in [3.8, 4) is 0 Å². The Bertz CT molecular complexity index is 187. The molecular weight excluding hydrogens is 162 g/mol. The Labute approximate surface area is 81.0 Å². The number of nitrogens with two attached hydrogens (primary N) is 1. The molecule has 1 saturated heterocycles. The van der Waals surface area contributed by atoms with Gasteiger partial charge in [-0.15, -0.1) is 0 Å². The molecule has 76 valence electrons. The Hall–Kier alpha value is -0.570. The van der Waals surface area contributed by atoms with Gasteiger partial charge in [0.05, 0.1) is 5.84 Å². The number of nitrogens with zero attached hydrogens (tertiary/aromatic N) is 2. The van der Waals surface area contributed by atoms with E-state index in [1.807, 2.05) is 0 Å². The van der Waals surface area contributed by atoms with Crippen molar-refractivity contribution in [2.45, 2.75) is 20.3 Å². The van der Waals surface area contributed by atoms with Gasteiger partial charge in [-0.25, -0.2) is 0 Å². The van der Waals surface area contributed by atoms with Gasteiger partial charge in [-0.05, 0) is 25.9 Å². The van der Waals surface area contributed by atoms with Crippen molar-refractivity contribution in [3.63, 3.8) is 0 Å². The Morgan fingerprint density at radius 2 is 2.31 bits per heavy atom. The van der Waals surface area contributed by atoms with Crippen LogP contribution in [0, 0.1) is 11.8 Å².